The van der Waals surface area contributed by atoms with Gasteiger partial charge in [-0.05, 0) is 36.5 Å². The largest absolute Gasteiger partial charge is 0.369 e. The van der Waals surface area contributed by atoms with Crippen molar-refractivity contribution in [1.82, 2.24) is 0 Å². The lowest BCUT2D eigenvalue weighted by Gasteiger charge is -2.38. The minimum absolute atomic E-state index is 0.366. The van der Waals surface area contributed by atoms with Gasteiger partial charge in [0.25, 0.3) is 0 Å². The Labute approximate surface area is 119 Å². The number of hydrogen-bond acceptors (Lipinski definition) is 1. The van der Waals surface area contributed by atoms with Gasteiger partial charge in [-0.1, -0.05) is 23.2 Å². The lowest BCUT2D eigenvalue weighted by atomic mass is 9.73. The Morgan fingerprint density at radius 1 is 0.941 bits per heavy atom. The van der Waals surface area contributed by atoms with Gasteiger partial charge in [-0.3, -0.25) is 0 Å². The molecular formula is C12H10Cl4O. The van der Waals surface area contributed by atoms with Crippen molar-refractivity contribution >= 4 is 46.4 Å². The van der Waals surface area contributed by atoms with E-state index in [4.69, 9.17) is 51.1 Å². The number of rotatable bonds is 0. The molecule has 1 aliphatic heterocycles. The Balaban J connectivity index is 1.75. The van der Waals surface area contributed by atoms with E-state index in [2.05, 4.69) is 0 Å². The van der Waals surface area contributed by atoms with E-state index < -0.39 is 9.75 Å². The molecule has 1 nitrogen and oxygen atoms in total. The third-order valence-electron chi connectivity index (χ3n) is 5.75. The molecule has 92 valence electrons. The normalized spacial score (nSPS) is 69.9. The van der Waals surface area contributed by atoms with Crippen LogP contribution in [0.2, 0.25) is 0 Å². The van der Waals surface area contributed by atoms with Crippen molar-refractivity contribution in [1.29, 1.82) is 0 Å². The van der Waals surface area contributed by atoms with E-state index in [0.717, 1.165) is 0 Å². The maximum Gasteiger partial charge on any atom is 0.0876 e. The minimum Gasteiger partial charge on any atom is -0.369 e. The first-order chi connectivity index (χ1) is 7.98. The van der Waals surface area contributed by atoms with Gasteiger partial charge in [-0.2, -0.15) is 0 Å². The smallest absolute Gasteiger partial charge is 0.0876 e. The van der Waals surface area contributed by atoms with E-state index in [1.807, 2.05) is 0 Å². The Bertz CT molecular complexity index is 451. The molecule has 0 spiro atoms. The van der Waals surface area contributed by atoms with Crippen LogP contribution in [0.4, 0.5) is 0 Å². The van der Waals surface area contributed by atoms with Crippen LogP contribution in [0.5, 0.6) is 0 Å². The van der Waals surface area contributed by atoms with Crippen LogP contribution in [-0.2, 0) is 4.74 Å². The van der Waals surface area contributed by atoms with Gasteiger partial charge in [-0.15, -0.1) is 23.2 Å². The van der Waals surface area contributed by atoms with Crippen LogP contribution in [0.3, 0.4) is 0 Å². The predicted octanol–water partition coefficient (Wildman–Crippen LogP) is 3.70. The van der Waals surface area contributed by atoms with Gasteiger partial charge in [0.15, 0.2) is 0 Å². The van der Waals surface area contributed by atoms with Crippen LogP contribution in [0.15, 0.2) is 10.1 Å². The van der Waals surface area contributed by atoms with Gasteiger partial charge in [0.1, 0.15) is 0 Å². The molecule has 0 aromatic carbocycles. The maximum atomic E-state index is 6.80. The fraction of sp³-hybridized carbons (Fsp3) is 0.833. The lowest BCUT2D eigenvalue weighted by molar-refractivity contribution is 0.239. The summed E-state index contributed by atoms with van der Waals surface area (Å²) in [6.45, 7) is 0. The van der Waals surface area contributed by atoms with Crippen LogP contribution in [0, 0.1) is 23.7 Å². The Hall–Kier alpha value is 0.860. The summed E-state index contributed by atoms with van der Waals surface area (Å²) in [5, 5.41) is 1.20. The fourth-order valence-corrected chi connectivity index (χ4v) is 7.41. The summed E-state index contributed by atoms with van der Waals surface area (Å²) in [7, 11) is 0. The zero-order chi connectivity index (χ0) is 11.7. The third-order valence-corrected chi connectivity index (χ3v) is 8.24. The van der Waals surface area contributed by atoms with E-state index in [0.29, 0.717) is 52.4 Å². The van der Waals surface area contributed by atoms with Crippen molar-refractivity contribution in [2.45, 2.75) is 34.8 Å². The van der Waals surface area contributed by atoms with E-state index in [9.17, 15) is 0 Å². The molecular weight excluding hydrogens is 302 g/mol. The van der Waals surface area contributed by atoms with Gasteiger partial charge in [-0.25, -0.2) is 0 Å². The Morgan fingerprint density at radius 3 is 1.88 bits per heavy atom. The number of epoxide rings is 1. The molecule has 4 aliphatic carbocycles. The highest BCUT2D eigenvalue weighted by Crippen LogP contribution is 2.79. The molecule has 5 heteroatoms. The highest BCUT2D eigenvalue weighted by Gasteiger charge is 2.81. The quantitative estimate of drug-likeness (QED) is 0.377. The molecule has 4 fully saturated rings. The summed E-state index contributed by atoms with van der Waals surface area (Å²) in [4.78, 5) is -1.03. The van der Waals surface area contributed by atoms with Crippen LogP contribution in [-0.4, -0.2) is 22.0 Å². The van der Waals surface area contributed by atoms with Gasteiger partial charge < -0.3 is 4.74 Å². The van der Waals surface area contributed by atoms with Gasteiger partial charge in [0, 0.05) is 0 Å². The summed E-state index contributed by atoms with van der Waals surface area (Å²) >= 11 is 26.3. The molecule has 0 radical (unpaired) electrons. The van der Waals surface area contributed by atoms with E-state index in [1.54, 1.807) is 0 Å². The summed E-state index contributed by atoms with van der Waals surface area (Å²) in [6.07, 6.45) is 2.75. The Kier molecular flexibility index (Phi) is 1.67. The molecule has 0 aromatic rings. The Morgan fingerprint density at radius 2 is 1.41 bits per heavy atom. The SMILES string of the molecule is ClC1=C(Cl)[C@@]2(Cl)C[C@@]1(Cl)[C@@H]1[C@H]3C[C@H]([C@H]4O[C@H]34)[C@@H]12. The van der Waals surface area contributed by atoms with Gasteiger partial charge in [0.05, 0.1) is 32.0 Å². The average Bonchev–Trinajstić information content (AvgIpc) is 2.73. The molecule has 4 bridgehead atoms. The number of hydrogen-bond donors (Lipinski definition) is 0. The summed E-state index contributed by atoms with van der Waals surface area (Å²) in [5.41, 5.74) is 0. The monoisotopic (exact) mass is 310 g/mol. The molecule has 1 heterocycles. The van der Waals surface area contributed by atoms with Gasteiger partial charge in [0.2, 0.25) is 0 Å². The molecule has 5 aliphatic rings. The number of ether oxygens (including phenoxy) is 1. The van der Waals surface area contributed by atoms with Crippen LogP contribution in [0.1, 0.15) is 12.8 Å². The summed E-state index contributed by atoms with van der Waals surface area (Å²) in [5.74, 6) is 1.83. The summed E-state index contributed by atoms with van der Waals surface area (Å²) in [6, 6.07) is 0. The molecule has 5 rings (SSSR count). The van der Waals surface area contributed by atoms with E-state index >= 15 is 0 Å². The van der Waals surface area contributed by atoms with Crippen LogP contribution < -0.4 is 0 Å². The van der Waals surface area contributed by atoms with E-state index in [1.165, 1.54) is 6.42 Å². The molecule has 0 unspecified atom stereocenters. The summed E-state index contributed by atoms with van der Waals surface area (Å²) < 4.78 is 5.74. The van der Waals surface area contributed by atoms with Crippen molar-refractivity contribution in [3.8, 4) is 0 Å². The zero-order valence-corrected chi connectivity index (χ0v) is 11.8. The first-order valence-corrected chi connectivity index (χ1v) is 7.59. The minimum atomic E-state index is -0.513. The number of fused-ring (bicyclic) bond motifs is 12. The highest BCUT2D eigenvalue weighted by atomic mass is 35.5. The van der Waals surface area contributed by atoms with Crippen molar-refractivity contribution in [3.63, 3.8) is 0 Å². The topological polar surface area (TPSA) is 12.5 Å². The standard InChI is InChI=1S/C12H10Cl4O/c13-9-10(14)12(16)2-11(9,15)5-3-1-4(6(5)12)8-7(3)17-8/h3-8H,1-2H2/t3-,4+,5-,6+,7-,8-,11-,12-/m1/s1. The molecule has 0 amide bonds. The first kappa shape index (κ1) is 10.6. The van der Waals surface area contributed by atoms with Crippen molar-refractivity contribution in [2.24, 2.45) is 23.7 Å². The molecule has 8 atom stereocenters. The van der Waals surface area contributed by atoms with Crippen molar-refractivity contribution in [3.05, 3.63) is 10.1 Å². The second kappa shape index (κ2) is 2.67. The second-order valence-electron chi connectivity index (χ2n) is 6.21. The van der Waals surface area contributed by atoms with Crippen molar-refractivity contribution in [2.75, 3.05) is 0 Å². The molecule has 0 aromatic heterocycles. The molecule has 17 heavy (non-hydrogen) atoms. The zero-order valence-electron chi connectivity index (χ0n) is 8.80. The fourth-order valence-electron chi connectivity index (χ4n) is 5.31. The number of allylic oxidation sites excluding steroid dienone is 2. The lowest BCUT2D eigenvalue weighted by Crippen LogP contribution is -2.42. The predicted molar refractivity (Wildman–Crippen MR) is 67.8 cm³/mol. The van der Waals surface area contributed by atoms with Crippen LogP contribution >= 0.6 is 46.4 Å². The maximum absolute atomic E-state index is 6.80. The average molecular weight is 312 g/mol. The molecule has 0 N–H and O–H groups in total. The second-order valence-corrected chi connectivity index (χ2v) is 8.31. The highest BCUT2D eigenvalue weighted by molar-refractivity contribution is 6.51. The van der Waals surface area contributed by atoms with Crippen molar-refractivity contribution < 1.29 is 4.74 Å². The van der Waals surface area contributed by atoms with E-state index in [-0.39, 0.29) is 0 Å². The number of alkyl halides is 2. The van der Waals surface area contributed by atoms with Crippen LogP contribution in [0.25, 0.3) is 0 Å². The first-order valence-electron chi connectivity index (χ1n) is 6.08. The third kappa shape index (κ3) is 0.885. The molecule has 3 saturated carbocycles. The van der Waals surface area contributed by atoms with Gasteiger partial charge >= 0.3 is 0 Å². The number of halogens is 4. The molecule has 1 saturated heterocycles.